The Hall–Kier alpha value is -1.43. The summed E-state index contributed by atoms with van der Waals surface area (Å²) in [6.07, 6.45) is -8.71. The number of carbonyl (C=O) groups is 1. The summed E-state index contributed by atoms with van der Waals surface area (Å²) in [6.45, 7) is 0. The van der Waals surface area contributed by atoms with Crippen LogP contribution < -0.4 is 4.74 Å². The first-order chi connectivity index (χ1) is 12.2. The molecule has 0 aromatic heterocycles. The van der Waals surface area contributed by atoms with Crippen LogP contribution >= 0.6 is 31.9 Å². The molecule has 2 aromatic carbocycles. The predicted molar refractivity (Wildman–Crippen MR) is 96.0 cm³/mol. The van der Waals surface area contributed by atoms with E-state index in [9.17, 15) is 25.2 Å². The van der Waals surface area contributed by atoms with Gasteiger partial charge in [-0.25, -0.2) is 4.79 Å². The quantitative estimate of drug-likeness (QED) is 0.432. The van der Waals surface area contributed by atoms with Gasteiger partial charge in [0.15, 0.2) is 17.6 Å². The van der Waals surface area contributed by atoms with E-state index in [4.69, 9.17) is 14.6 Å². The molecule has 26 heavy (non-hydrogen) atoms. The van der Waals surface area contributed by atoms with E-state index < -0.39 is 36.7 Å². The van der Waals surface area contributed by atoms with Gasteiger partial charge in [0.1, 0.15) is 18.3 Å². The average Bonchev–Trinajstić information content (AvgIpc) is 2.57. The summed E-state index contributed by atoms with van der Waals surface area (Å²) in [5.41, 5.74) is 0. The van der Waals surface area contributed by atoms with Gasteiger partial charge in [-0.05, 0) is 66.9 Å². The standard InChI is InChI=1S/C16H14Br2O8/c17-7-1-5-3-9(19)10(4-6(5)2-8(7)18)25-16-13(22)11(20)12(21)14(26-16)15(23)24/h1-4,11-14,16,19-22H,(H,23,24). The molecule has 1 fully saturated rings. The molecule has 5 unspecified atom stereocenters. The van der Waals surface area contributed by atoms with Crippen molar-refractivity contribution in [3.8, 4) is 11.5 Å². The topological polar surface area (TPSA) is 137 Å². The Labute approximate surface area is 163 Å². The first-order valence-corrected chi connectivity index (χ1v) is 8.98. The van der Waals surface area contributed by atoms with Crippen LogP contribution in [0.25, 0.3) is 10.8 Å². The molecule has 0 aliphatic carbocycles. The zero-order valence-electron chi connectivity index (χ0n) is 12.9. The molecule has 1 aliphatic heterocycles. The van der Waals surface area contributed by atoms with Crippen molar-refractivity contribution in [1.29, 1.82) is 0 Å². The Kier molecular flexibility index (Phi) is 5.42. The SMILES string of the molecule is O=C(O)C1OC(Oc2cc3cc(Br)c(Br)cc3cc2O)C(O)C(O)C1O. The third kappa shape index (κ3) is 3.53. The molecule has 8 nitrogen and oxygen atoms in total. The summed E-state index contributed by atoms with van der Waals surface area (Å²) < 4.78 is 12.0. The Morgan fingerprint density at radius 2 is 1.54 bits per heavy atom. The van der Waals surface area contributed by atoms with E-state index in [0.29, 0.717) is 10.8 Å². The molecule has 0 amide bonds. The first-order valence-electron chi connectivity index (χ1n) is 7.40. The number of aliphatic carboxylic acids is 1. The fraction of sp³-hybridized carbons (Fsp3) is 0.312. The van der Waals surface area contributed by atoms with Gasteiger partial charge in [0, 0.05) is 8.95 Å². The van der Waals surface area contributed by atoms with Gasteiger partial charge in [-0.1, -0.05) is 0 Å². The molecule has 0 radical (unpaired) electrons. The molecular formula is C16H14Br2O8. The van der Waals surface area contributed by atoms with E-state index in [0.717, 1.165) is 8.95 Å². The highest BCUT2D eigenvalue weighted by atomic mass is 79.9. The number of phenolic OH excluding ortho intramolecular Hbond substituents is 1. The lowest BCUT2D eigenvalue weighted by molar-refractivity contribution is -0.271. The number of aromatic hydroxyl groups is 1. The molecule has 5 N–H and O–H groups in total. The van der Waals surface area contributed by atoms with Gasteiger partial charge in [0.25, 0.3) is 0 Å². The summed E-state index contributed by atoms with van der Waals surface area (Å²) >= 11 is 6.72. The van der Waals surface area contributed by atoms with Gasteiger partial charge < -0.3 is 35.0 Å². The van der Waals surface area contributed by atoms with Crippen LogP contribution in [0.2, 0.25) is 0 Å². The van der Waals surface area contributed by atoms with E-state index in [1.165, 1.54) is 12.1 Å². The summed E-state index contributed by atoms with van der Waals surface area (Å²) in [6, 6.07) is 6.44. The van der Waals surface area contributed by atoms with Crippen LogP contribution in [0.5, 0.6) is 11.5 Å². The third-order valence-electron chi connectivity index (χ3n) is 4.01. The summed E-state index contributed by atoms with van der Waals surface area (Å²) in [7, 11) is 0. The molecule has 1 heterocycles. The van der Waals surface area contributed by atoms with Gasteiger partial charge in [-0.15, -0.1) is 0 Å². The molecule has 1 aliphatic rings. The highest BCUT2D eigenvalue weighted by Crippen LogP contribution is 2.37. The summed E-state index contributed by atoms with van der Waals surface area (Å²) in [5, 5.41) is 50.1. The van der Waals surface area contributed by atoms with Gasteiger partial charge in [-0.3, -0.25) is 0 Å². The molecule has 1 saturated heterocycles. The van der Waals surface area contributed by atoms with Crippen LogP contribution in [0, 0.1) is 0 Å². The van der Waals surface area contributed by atoms with E-state index in [2.05, 4.69) is 31.9 Å². The average molecular weight is 494 g/mol. The maximum atomic E-state index is 11.1. The first kappa shape index (κ1) is 19.3. The number of hydrogen-bond donors (Lipinski definition) is 5. The second-order valence-corrected chi connectivity index (χ2v) is 7.50. The lowest BCUT2D eigenvalue weighted by Gasteiger charge is -2.38. The lowest BCUT2D eigenvalue weighted by atomic mass is 9.99. The van der Waals surface area contributed by atoms with Crippen molar-refractivity contribution in [2.45, 2.75) is 30.7 Å². The smallest absolute Gasteiger partial charge is 0.335 e. The van der Waals surface area contributed by atoms with Crippen molar-refractivity contribution in [1.82, 2.24) is 0 Å². The number of aliphatic hydroxyl groups is 3. The molecular weight excluding hydrogens is 480 g/mol. The largest absolute Gasteiger partial charge is 0.504 e. The molecule has 0 spiro atoms. The zero-order chi connectivity index (χ0) is 19.2. The van der Waals surface area contributed by atoms with Crippen molar-refractivity contribution < 1.29 is 39.8 Å². The van der Waals surface area contributed by atoms with Crippen molar-refractivity contribution >= 4 is 48.6 Å². The number of carboxylic acids is 1. The third-order valence-corrected chi connectivity index (χ3v) is 5.86. The molecule has 10 heteroatoms. The lowest BCUT2D eigenvalue weighted by Crippen LogP contribution is -2.61. The number of aliphatic hydroxyl groups excluding tert-OH is 3. The molecule has 0 saturated carbocycles. The van der Waals surface area contributed by atoms with Gasteiger partial charge in [0.2, 0.25) is 6.29 Å². The van der Waals surface area contributed by atoms with Crippen LogP contribution in [-0.2, 0) is 9.53 Å². The van der Waals surface area contributed by atoms with Crippen LogP contribution in [0.15, 0.2) is 33.2 Å². The Morgan fingerprint density at radius 3 is 2.12 bits per heavy atom. The predicted octanol–water partition coefficient (Wildman–Crippen LogP) is 1.34. The zero-order valence-corrected chi connectivity index (χ0v) is 16.1. The molecule has 3 rings (SSSR count). The highest BCUT2D eigenvalue weighted by molar-refractivity contribution is 9.13. The number of phenols is 1. The Morgan fingerprint density at radius 1 is 0.962 bits per heavy atom. The maximum absolute atomic E-state index is 11.1. The fourth-order valence-electron chi connectivity index (χ4n) is 2.63. The number of hydrogen-bond acceptors (Lipinski definition) is 7. The monoisotopic (exact) mass is 492 g/mol. The van der Waals surface area contributed by atoms with Crippen LogP contribution in [-0.4, -0.2) is 62.2 Å². The second kappa shape index (κ2) is 7.29. The summed E-state index contributed by atoms with van der Waals surface area (Å²) in [4.78, 5) is 11.1. The number of benzene rings is 2. The van der Waals surface area contributed by atoms with Gasteiger partial charge in [-0.2, -0.15) is 0 Å². The van der Waals surface area contributed by atoms with Crippen LogP contribution in [0.4, 0.5) is 0 Å². The number of carboxylic acid groups (broad SMARTS) is 1. The number of ether oxygens (including phenoxy) is 2. The molecule has 140 valence electrons. The van der Waals surface area contributed by atoms with Crippen LogP contribution in [0.1, 0.15) is 0 Å². The fourth-order valence-corrected chi connectivity index (χ4v) is 3.35. The van der Waals surface area contributed by atoms with Gasteiger partial charge >= 0.3 is 5.97 Å². The highest BCUT2D eigenvalue weighted by Gasteiger charge is 2.48. The van der Waals surface area contributed by atoms with Crippen molar-refractivity contribution in [2.75, 3.05) is 0 Å². The molecule has 0 bridgehead atoms. The van der Waals surface area contributed by atoms with E-state index >= 15 is 0 Å². The minimum Gasteiger partial charge on any atom is -0.504 e. The van der Waals surface area contributed by atoms with E-state index in [1.807, 2.05) is 0 Å². The van der Waals surface area contributed by atoms with Crippen molar-refractivity contribution in [3.63, 3.8) is 0 Å². The minimum atomic E-state index is -1.82. The second-order valence-electron chi connectivity index (χ2n) is 5.79. The number of rotatable bonds is 3. The van der Waals surface area contributed by atoms with Crippen LogP contribution in [0.3, 0.4) is 0 Å². The maximum Gasteiger partial charge on any atom is 0.335 e. The Balaban J connectivity index is 1.93. The Bertz CT molecular complexity index is 858. The van der Waals surface area contributed by atoms with Gasteiger partial charge in [0.05, 0.1) is 0 Å². The van der Waals surface area contributed by atoms with E-state index in [-0.39, 0.29) is 11.5 Å². The van der Waals surface area contributed by atoms with E-state index in [1.54, 1.807) is 12.1 Å². The van der Waals surface area contributed by atoms with Crippen molar-refractivity contribution in [2.24, 2.45) is 0 Å². The number of fused-ring (bicyclic) bond motifs is 1. The summed E-state index contributed by atoms with van der Waals surface area (Å²) in [5.74, 6) is -1.87. The normalized spacial score (nSPS) is 28.9. The molecule has 5 atom stereocenters. The number of halogens is 2. The minimum absolute atomic E-state index is 0.0801. The molecule has 2 aromatic rings. The van der Waals surface area contributed by atoms with Crippen molar-refractivity contribution in [3.05, 3.63) is 33.2 Å².